The number of hydrogen-bond acceptors (Lipinski definition) is 4. The minimum atomic E-state index is -0.404. The Morgan fingerprint density at radius 2 is 2.30 bits per heavy atom. The molecule has 10 heavy (non-hydrogen) atoms. The third kappa shape index (κ3) is 1.10. The Bertz CT molecular complexity index is 302. The maximum Gasteiger partial charge on any atom is 0.214 e. The molecule has 0 fully saturated rings. The first-order valence-corrected chi connectivity index (χ1v) is 2.67. The van der Waals surface area contributed by atoms with Gasteiger partial charge in [0, 0.05) is 6.07 Å². The van der Waals surface area contributed by atoms with Crippen LogP contribution in [0.1, 0.15) is 5.76 Å². The molecule has 4 heteroatoms. The summed E-state index contributed by atoms with van der Waals surface area (Å²) in [4.78, 5) is 20.5. The molecule has 1 rings (SSSR count). The minimum Gasteiger partial charge on any atom is -0.467 e. The van der Waals surface area contributed by atoms with Crippen LogP contribution in [0.25, 0.3) is 0 Å². The Morgan fingerprint density at radius 3 is 2.80 bits per heavy atom. The van der Waals surface area contributed by atoms with E-state index >= 15 is 0 Å². The lowest BCUT2D eigenvalue weighted by atomic mass is 10.4. The zero-order valence-corrected chi connectivity index (χ0v) is 5.33. The van der Waals surface area contributed by atoms with E-state index in [1.54, 1.807) is 6.92 Å². The quantitative estimate of drug-likeness (QED) is 0.551. The zero-order valence-electron chi connectivity index (χ0n) is 5.33. The van der Waals surface area contributed by atoms with Crippen molar-refractivity contribution in [1.82, 2.24) is 0 Å². The van der Waals surface area contributed by atoms with Crippen molar-refractivity contribution in [3.63, 3.8) is 0 Å². The summed E-state index contributed by atoms with van der Waals surface area (Å²) in [5.74, 6) is 0.470. The molecule has 0 atom stereocenters. The molecule has 1 aromatic heterocycles. The molecule has 0 bridgehead atoms. The van der Waals surface area contributed by atoms with Gasteiger partial charge in [0.2, 0.25) is 5.43 Å². The third-order valence-corrected chi connectivity index (χ3v) is 1.04. The van der Waals surface area contributed by atoms with Gasteiger partial charge >= 0.3 is 0 Å². The standard InChI is InChI=1S/C6H5NO3/c1-4-2-6(8)5(7-9)3-10-4/h2-3H,1H3. The smallest absolute Gasteiger partial charge is 0.214 e. The summed E-state index contributed by atoms with van der Waals surface area (Å²) in [6.07, 6.45) is 1.05. The first kappa shape index (κ1) is 6.67. The Balaban J connectivity index is 3.33. The molecule has 0 saturated heterocycles. The Hall–Kier alpha value is -1.45. The molecule has 0 aromatic carbocycles. The molecule has 0 N–H and O–H groups in total. The highest BCUT2D eigenvalue weighted by Gasteiger charge is 1.98. The Kier molecular flexibility index (Phi) is 1.62. The highest BCUT2D eigenvalue weighted by Crippen LogP contribution is 2.03. The highest BCUT2D eigenvalue weighted by atomic mass is 16.3. The van der Waals surface area contributed by atoms with Crippen LogP contribution in [0.4, 0.5) is 5.69 Å². The zero-order chi connectivity index (χ0) is 7.56. The molecule has 0 aliphatic heterocycles. The second-order valence-electron chi connectivity index (χ2n) is 1.83. The molecule has 1 heterocycles. The molecular formula is C6H5NO3. The second kappa shape index (κ2) is 2.43. The van der Waals surface area contributed by atoms with Crippen molar-refractivity contribution in [3.05, 3.63) is 33.2 Å². The Morgan fingerprint density at radius 1 is 1.60 bits per heavy atom. The van der Waals surface area contributed by atoms with Crippen LogP contribution in [0, 0.1) is 11.8 Å². The van der Waals surface area contributed by atoms with E-state index in [-0.39, 0.29) is 5.69 Å². The van der Waals surface area contributed by atoms with Crippen molar-refractivity contribution < 1.29 is 4.42 Å². The normalized spacial score (nSPS) is 9.30. The van der Waals surface area contributed by atoms with E-state index < -0.39 is 5.43 Å². The molecule has 0 aliphatic rings. The number of hydrogen-bond donors (Lipinski definition) is 0. The summed E-state index contributed by atoms with van der Waals surface area (Å²) in [7, 11) is 0. The van der Waals surface area contributed by atoms with Crippen molar-refractivity contribution in [2.45, 2.75) is 6.92 Å². The van der Waals surface area contributed by atoms with Gasteiger partial charge in [0.25, 0.3) is 0 Å². The molecule has 4 nitrogen and oxygen atoms in total. The Labute approximate surface area is 56.5 Å². The van der Waals surface area contributed by atoms with Gasteiger partial charge in [-0.1, -0.05) is 0 Å². The lowest BCUT2D eigenvalue weighted by Gasteiger charge is -1.88. The highest BCUT2D eigenvalue weighted by molar-refractivity contribution is 5.31. The summed E-state index contributed by atoms with van der Waals surface area (Å²) < 4.78 is 4.74. The molecule has 0 spiro atoms. The first-order valence-electron chi connectivity index (χ1n) is 2.67. The molecule has 0 unspecified atom stereocenters. The average molecular weight is 139 g/mol. The van der Waals surface area contributed by atoms with E-state index in [4.69, 9.17) is 4.42 Å². The van der Waals surface area contributed by atoms with Crippen LogP contribution in [-0.4, -0.2) is 0 Å². The summed E-state index contributed by atoms with van der Waals surface area (Å²) in [5.41, 5.74) is -0.593. The van der Waals surface area contributed by atoms with Crippen LogP contribution in [0.15, 0.2) is 26.7 Å². The van der Waals surface area contributed by atoms with Crippen LogP contribution in [0.5, 0.6) is 0 Å². The first-order chi connectivity index (χ1) is 4.74. The minimum absolute atomic E-state index is 0.189. The molecule has 52 valence electrons. The number of nitrogens with zero attached hydrogens (tertiary/aromatic N) is 1. The summed E-state index contributed by atoms with van der Waals surface area (Å²) in [6, 6.07) is 1.22. The van der Waals surface area contributed by atoms with Gasteiger partial charge in [-0.05, 0) is 12.1 Å². The van der Waals surface area contributed by atoms with Gasteiger partial charge in [0.1, 0.15) is 12.0 Å². The SMILES string of the molecule is Cc1cc(=O)c(N=O)co1. The molecule has 0 amide bonds. The van der Waals surface area contributed by atoms with Crippen LogP contribution >= 0.6 is 0 Å². The van der Waals surface area contributed by atoms with Gasteiger partial charge in [-0.15, -0.1) is 4.91 Å². The van der Waals surface area contributed by atoms with E-state index in [9.17, 15) is 9.70 Å². The molecular weight excluding hydrogens is 134 g/mol. The molecule has 1 aromatic rings. The van der Waals surface area contributed by atoms with Crippen molar-refractivity contribution in [3.8, 4) is 0 Å². The maximum absolute atomic E-state index is 10.7. The topological polar surface area (TPSA) is 59.6 Å². The summed E-state index contributed by atoms with van der Waals surface area (Å²) >= 11 is 0. The third-order valence-electron chi connectivity index (χ3n) is 1.04. The van der Waals surface area contributed by atoms with E-state index in [1.165, 1.54) is 6.07 Å². The van der Waals surface area contributed by atoms with Crippen LogP contribution in [-0.2, 0) is 0 Å². The largest absolute Gasteiger partial charge is 0.467 e. The van der Waals surface area contributed by atoms with Crippen molar-refractivity contribution >= 4 is 5.69 Å². The maximum atomic E-state index is 10.7. The van der Waals surface area contributed by atoms with Crippen molar-refractivity contribution in [1.29, 1.82) is 0 Å². The van der Waals surface area contributed by atoms with Gasteiger partial charge in [0.15, 0.2) is 5.69 Å². The average Bonchev–Trinajstić information content (AvgIpc) is 1.88. The lowest BCUT2D eigenvalue weighted by molar-refractivity contribution is 0.516. The van der Waals surface area contributed by atoms with Gasteiger partial charge in [0.05, 0.1) is 0 Å². The van der Waals surface area contributed by atoms with Crippen molar-refractivity contribution in [2.75, 3.05) is 0 Å². The summed E-state index contributed by atoms with van der Waals surface area (Å²) in [5, 5.41) is 2.45. The van der Waals surface area contributed by atoms with Gasteiger partial charge in [-0.3, -0.25) is 4.79 Å². The fourth-order valence-corrected chi connectivity index (χ4v) is 0.566. The number of nitroso groups, excluding NO2 is 1. The van der Waals surface area contributed by atoms with Gasteiger partial charge in [-0.2, -0.15) is 0 Å². The van der Waals surface area contributed by atoms with E-state index in [1.807, 2.05) is 0 Å². The molecule has 0 saturated carbocycles. The van der Waals surface area contributed by atoms with Crippen LogP contribution in [0.2, 0.25) is 0 Å². The van der Waals surface area contributed by atoms with Gasteiger partial charge in [-0.25, -0.2) is 0 Å². The van der Waals surface area contributed by atoms with E-state index in [0.29, 0.717) is 5.76 Å². The number of aryl methyl sites for hydroxylation is 1. The van der Waals surface area contributed by atoms with Crippen LogP contribution < -0.4 is 5.43 Å². The fraction of sp³-hybridized carbons (Fsp3) is 0.167. The van der Waals surface area contributed by atoms with E-state index in [0.717, 1.165) is 6.26 Å². The second-order valence-corrected chi connectivity index (χ2v) is 1.83. The van der Waals surface area contributed by atoms with Crippen LogP contribution in [0.3, 0.4) is 0 Å². The van der Waals surface area contributed by atoms with Gasteiger partial charge < -0.3 is 4.42 Å². The van der Waals surface area contributed by atoms with E-state index in [2.05, 4.69) is 5.18 Å². The van der Waals surface area contributed by atoms with Crippen molar-refractivity contribution in [2.24, 2.45) is 5.18 Å². The monoisotopic (exact) mass is 139 g/mol. The lowest BCUT2D eigenvalue weighted by Crippen LogP contribution is -1.96. The number of rotatable bonds is 1. The summed E-state index contributed by atoms with van der Waals surface area (Å²) in [6.45, 7) is 1.62. The fourth-order valence-electron chi connectivity index (χ4n) is 0.566. The predicted molar refractivity (Wildman–Crippen MR) is 35.2 cm³/mol. The molecule has 0 aliphatic carbocycles. The molecule has 0 radical (unpaired) electrons. The predicted octanol–water partition coefficient (Wildman–Crippen LogP) is 1.35.